The second kappa shape index (κ2) is 9.25. The van der Waals surface area contributed by atoms with Crippen molar-refractivity contribution in [3.8, 4) is 0 Å². The zero-order valence-corrected chi connectivity index (χ0v) is 15.5. The SMILES string of the molecule is CC(C)C(C(=O)O)N(Cc1ccccc1Cl)C(=O)OCc1ccccc1. The number of carboxylic acids is 1. The second-order valence-corrected chi connectivity index (χ2v) is 6.69. The van der Waals surface area contributed by atoms with Crippen LogP contribution in [0.3, 0.4) is 0 Å². The van der Waals surface area contributed by atoms with E-state index >= 15 is 0 Å². The van der Waals surface area contributed by atoms with E-state index in [-0.39, 0.29) is 19.1 Å². The van der Waals surface area contributed by atoms with E-state index in [1.165, 1.54) is 4.90 Å². The molecule has 138 valence electrons. The Bertz CT molecular complexity index is 748. The van der Waals surface area contributed by atoms with Gasteiger partial charge in [0.2, 0.25) is 0 Å². The molecule has 0 heterocycles. The zero-order chi connectivity index (χ0) is 19.1. The molecule has 26 heavy (non-hydrogen) atoms. The molecule has 0 saturated carbocycles. The number of hydrogen-bond donors (Lipinski definition) is 1. The Morgan fingerprint density at radius 3 is 2.27 bits per heavy atom. The number of carbonyl (C=O) groups excluding carboxylic acids is 1. The number of halogens is 1. The summed E-state index contributed by atoms with van der Waals surface area (Å²) in [5.41, 5.74) is 1.49. The van der Waals surface area contributed by atoms with Crippen LogP contribution in [0.15, 0.2) is 54.6 Å². The minimum atomic E-state index is -1.08. The Balaban J connectivity index is 2.22. The van der Waals surface area contributed by atoms with Gasteiger partial charge >= 0.3 is 12.1 Å². The van der Waals surface area contributed by atoms with Crippen LogP contribution < -0.4 is 0 Å². The number of benzene rings is 2. The molecule has 0 aliphatic rings. The topological polar surface area (TPSA) is 66.8 Å². The van der Waals surface area contributed by atoms with Crippen molar-refractivity contribution in [2.75, 3.05) is 0 Å². The van der Waals surface area contributed by atoms with E-state index in [2.05, 4.69) is 0 Å². The van der Waals surface area contributed by atoms with Gasteiger partial charge in [-0.1, -0.05) is 74.0 Å². The summed E-state index contributed by atoms with van der Waals surface area (Å²) in [6.45, 7) is 3.64. The molecule has 0 aliphatic carbocycles. The number of nitrogens with zero attached hydrogens (tertiary/aromatic N) is 1. The maximum absolute atomic E-state index is 12.7. The van der Waals surface area contributed by atoms with Crippen molar-refractivity contribution in [2.24, 2.45) is 5.92 Å². The van der Waals surface area contributed by atoms with Gasteiger partial charge in [-0.3, -0.25) is 4.90 Å². The maximum Gasteiger partial charge on any atom is 0.411 e. The van der Waals surface area contributed by atoms with Crippen LogP contribution in [-0.4, -0.2) is 28.1 Å². The van der Waals surface area contributed by atoms with Crippen LogP contribution >= 0.6 is 11.6 Å². The minimum absolute atomic E-state index is 0.0580. The summed E-state index contributed by atoms with van der Waals surface area (Å²) >= 11 is 6.18. The Morgan fingerprint density at radius 2 is 1.69 bits per heavy atom. The highest BCUT2D eigenvalue weighted by atomic mass is 35.5. The van der Waals surface area contributed by atoms with Gasteiger partial charge in [-0.25, -0.2) is 9.59 Å². The number of carbonyl (C=O) groups is 2. The van der Waals surface area contributed by atoms with Gasteiger partial charge in [0.1, 0.15) is 12.6 Å². The average molecular weight is 376 g/mol. The highest BCUT2D eigenvalue weighted by Gasteiger charge is 2.33. The van der Waals surface area contributed by atoms with Crippen LogP contribution in [-0.2, 0) is 22.7 Å². The number of amides is 1. The first kappa shape index (κ1) is 19.8. The fourth-order valence-corrected chi connectivity index (χ4v) is 2.86. The minimum Gasteiger partial charge on any atom is -0.480 e. The summed E-state index contributed by atoms with van der Waals surface area (Å²) in [6, 6.07) is 15.3. The third-order valence-electron chi connectivity index (χ3n) is 3.96. The molecule has 6 heteroatoms. The van der Waals surface area contributed by atoms with Crippen molar-refractivity contribution >= 4 is 23.7 Å². The van der Waals surface area contributed by atoms with E-state index in [1.807, 2.05) is 30.3 Å². The summed E-state index contributed by atoms with van der Waals surface area (Å²) in [5, 5.41) is 10.1. The van der Waals surface area contributed by atoms with Crippen LogP contribution in [0.1, 0.15) is 25.0 Å². The van der Waals surface area contributed by atoms with Crippen LogP contribution in [0.5, 0.6) is 0 Å². The van der Waals surface area contributed by atoms with Gasteiger partial charge in [-0.2, -0.15) is 0 Å². The Hall–Kier alpha value is -2.53. The van der Waals surface area contributed by atoms with Gasteiger partial charge in [0.05, 0.1) is 6.54 Å². The van der Waals surface area contributed by atoms with Crippen molar-refractivity contribution in [2.45, 2.75) is 33.0 Å². The lowest BCUT2D eigenvalue weighted by atomic mass is 10.0. The molecule has 0 spiro atoms. The molecular formula is C20H22ClNO4. The summed E-state index contributed by atoms with van der Waals surface area (Å²) in [4.78, 5) is 25.7. The molecule has 1 atom stereocenters. The van der Waals surface area contributed by atoms with Crippen LogP contribution in [0.4, 0.5) is 4.79 Å². The van der Waals surface area contributed by atoms with E-state index in [0.717, 1.165) is 5.56 Å². The number of carboxylic acid groups (broad SMARTS) is 1. The average Bonchev–Trinajstić information content (AvgIpc) is 2.61. The molecule has 1 unspecified atom stereocenters. The predicted octanol–water partition coefficient (Wildman–Crippen LogP) is 4.59. The summed E-state index contributed by atoms with van der Waals surface area (Å²) in [5.74, 6) is -1.37. The summed E-state index contributed by atoms with van der Waals surface area (Å²) in [7, 11) is 0. The molecule has 2 aromatic carbocycles. The normalized spacial score (nSPS) is 11.8. The Kier molecular flexibility index (Phi) is 7.04. The number of aliphatic carboxylic acids is 1. The molecule has 5 nitrogen and oxygen atoms in total. The molecule has 0 aliphatic heterocycles. The highest BCUT2D eigenvalue weighted by Crippen LogP contribution is 2.22. The smallest absolute Gasteiger partial charge is 0.411 e. The van der Waals surface area contributed by atoms with Crippen molar-refractivity contribution in [3.63, 3.8) is 0 Å². The third kappa shape index (κ3) is 5.23. The van der Waals surface area contributed by atoms with Crippen molar-refractivity contribution in [1.82, 2.24) is 4.90 Å². The highest BCUT2D eigenvalue weighted by molar-refractivity contribution is 6.31. The van der Waals surface area contributed by atoms with Gasteiger partial charge in [0, 0.05) is 5.02 Å². The standard InChI is InChI=1S/C20H22ClNO4/c1-14(2)18(19(23)24)22(12-16-10-6-7-11-17(16)21)20(25)26-13-15-8-4-3-5-9-15/h3-11,14,18H,12-13H2,1-2H3,(H,23,24). The van der Waals surface area contributed by atoms with E-state index in [4.69, 9.17) is 16.3 Å². The zero-order valence-electron chi connectivity index (χ0n) is 14.8. The molecule has 0 fully saturated rings. The lowest BCUT2D eigenvalue weighted by Gasteiger charge is -2.31. The van der Waals surface area contributed by atoms with Crippen LogP contribution in [0, 0.1) is 5.92 Å². The largest absolute Gasteiger partial charge is 0.480 e. The Morgan fingerprint density at radius 1 is 1.08 bits per heavy atom. The van der Waals surface area contributed by atoms with Gasteiger partial charge in [0.15, 0.2) is 0 Å². The first-order chi connectivity index (χ1) is 12.4. The first-order valence-electron chi connectivity index (χ1n) is 8.33. The fourth-order valence-electron chi connectivity index (χ4n) is 2.67. The lowest BCUT2D eigenvalue weighted by molar-refractivity contribution is -0.144. The summed E-state index contributed by atoms with van der Waals surface area (Å²) in [6.07, 6.45) is -0.685. The number of hydrogen-bond acceptors (Lipinski definition) is 3. The van der Waals surface area contributed by atoms with Gasteiger partial charge in [-0.05, 0) is 23.1 Å². The predicted molar refractivity (Wildman–Crippen MR) is 99.9 cm³/mol. The number of ether oxygens (including phenoxy) is 1. The number of rotatable bonds is 7. The van der Waals surface area contributed by atoms with E-state index in [1.54, 1.807) is 38.1 Å². The molecule has 2 aromatic rings. The third-order valence-corrected chi connectivity index (χ3v) is 4.33. The second-order valence-electron chi connectivity index (χ2n) is 6.29. The van der Waals surface area contributed by atoms with Crippen molar-refractivity contribution in [3.05, 3.63) is 70.7 Å². The van der Waals surface area contributed by atoms with E-state index in [0.29, 0.717) is 10.6 Å². The monoisotopic (exact) mass is 375 g/mol. The van der Waals surface area contributed by atoms with Crippen molar-refractivity contribution in [1.29, 1.82) is 0 Å². The molecule has 0 bridgehead atoms. The van der Waals surface area contributed by atoms with Gasteiger partial charge < -0.3 is 9.84 Å². The lowest BCUT2D eigenvalue weighted by Crippen LogP contribution is -2.47. The van der Waals surface area contributed by atoms with Gasteiger partial charge in [0.25, 0.3) is 0 Å². The molecule has 1 N–H and O–H groups in total. The molecule has 1 amide bonds. The molecular weight excluding hydrogens is 354 g/mol. The fraction of sp³-hybridized carbons (Fsp3) is 0.300. The van der Waals surface area contributed by atoms with E-state index in [9.17, 15) is 14.7 Å². The molecule has 0 radical (unpaired) electrons. The van der Waals surface area contributed by atoms with Crippen LogP contribution in [0.2, 0.25) is 5.02 Å². The van der Waals surface area contributed by atoms with Gasteiger partial charge in [-0.15, -0.1) is 0 Å². The molecule has 0 aromatic heterocycles. The quantitative estimate of drug-likeness (QED) is 0.768. The Labute approximate surface area is 158 Å². The summed E-state index contributed by atoms with van der Waals surface area (Å²) < 4.78 is 5.36. The molecule has 0 saturated heterocycles. The first-order valence-corrected chi connectivity index (χ1v) is 8.71. The van der Waals surface area contributed by atoms with Crippen LogP contribution in [0.25, 0.3) is 0 Å². The maximum atomic E-state index is 12.7. The van der Waals surface area contributed by atoms with E-state index < -0.39 is 18.1 Å². The van der Waals surface area contributed by atoms with Crippen molar-refractivity contribution < 1.29 is 19.4 Å². The molecule has 2 rings (SSSR count).